The van der Waals surface area contributed by atoms with Crippen molar-refractivity contribution < 1.29 is 24.2 Å². The standard InChI is InChI=1S/C23H32N2O5/c1-14(26)24-20-8-17-11-25(12-18(17)9-22(20)30-13-15-3-4-15)10-16-5-6-21(29-2)19(7-16)23(27)28/h5-7,15,17-18,20,22H,3-4,8-13H2,1-2H3,(H,24,26)(H,27,28)/t17-,18+,20-,22-/m1/s1. The Labute approximate surface area is 177 Å². The maximum atomic E-state index is 11.7. The molecule has 3 fully saturated rings. The van der Waals surface area contributed by atoms with Gasteiger partial charge in [0.2, 0.25) is 5.91 Å². The number of carboxylic acid groups (broad SMARTS) is 1. The molecule has 7 heteroatoms. The van der Waals surface area contributed by atoms with Gasteiger partial charge in [0.05, 0.1) is 19.3 Å². The minimum atomic E-state index is -0.974. The lowest BCUT2D eigenvalue weighted by molar-refractivity contribution is -0.122. The van der Waals surface area contributed by atoms with Crippen LogP contribution in [-0.2, 0) is 16.1 Å². The fourth-order valence-electron chi connectivity index (χ4n) is 5.06. The molecule has 30 heavy (non-hydrogen) atoms. The molecule has 3 aliphatic rings. The number of aromatic carboxylic acids is 1. The molecule has 2 N–H and O–H groups in total. The van der Waals surface area contributed by atoms with E-state index in [1.165, 1.54) is 20.0 Å². The lowest BCUT2D eigenvalue weighted by Gasteiger charge is -2.38. The molecule has 2 saturated carbocycles. The number of methoxy groups -OCH3 is 1. The van der Waals surface area contributed by atoms with E-state index in [1.807, 2.05) is 6.07 Å². The van der Waals surface area contributed by atoms with Crippen molar-refractivity contribution in [2.45, 2.75) is 51.3 Å². The van der Waals surface area contributed by atoms with E-state index in [-0.39, 0.29) is 23.6 Å². The summed E-state index contributed by atoms with van der Waals surface area (Å²) in [6.45, 7) is 5.05. The SMILES string of the molecule is COc1ccc(CN2C[C@H]3C[C@@H](NC(C)=O)[C@H](OCC4CC4)C[C@H]3C2)cc1C(=O)O. The molecule has 7 nitrogen and oxygen atoms in total. The van der Waals surface area contributed by atoms with Crippen LogP contribution in [0.15, 0.2) is 18.2 Å². The maximum absolute atomic E-state index is 11.7. The zero-order valence-corrected chi connectivity index (χ0v) is 17.8. The number of amides is 1. The van der Waals surface area contributed by atoms with Gasteiger partial charge in [-0.3, -0.25) is 9.69 Å². The molecule has 1 amide bonds. The van der Waals surface area contributed by atoms with Crippen molar-refractivity contribution in [3.8, 4) is 5.75 Å². The molecule has 0 spiro atoms. The van der Waals surface area contributed by atoms with E-state index in [1.54, 1.807) is 19.1 Å². The predicted molar refractivity (Wildman–Crippen MR) is 112 cm³/mol. The van der Waals surface area contributed by atoms with E-state index in [0.29, 0.717) is 23.5 Å². The summed E-state index contributed by atoms with van der Waals surface area (Å²) in [5, 5.41) is 12.6. The maximum Gasteiger partial charge on any atom is 0.339 e. The largest absolute Gasteiger partial charge is 0.496 e. The Hall–Kier alpha value is -2.12. The van der Waals surface area contributed by atoms with E-state index in [2.05, 4.69) is 10.2 Å². The Morgan fingerprint density at radius 1 is 1.20 bits per heavy atom. The lowest BCUT2D eigenvalue weighted by Crippen LogP contribution is -2.50. The number of carboxylic acids is 1. The van der Waals surface area contributed by atoms with Crippen molar-refractivity contribution in [2.75, 3.05) is 26.8 Å². The molecular weight excluding hydrogens is 384 g/mol. The van der Waals surface area contributed by atoms with Crippen molar-refractivity contribution in [1.82, 2.24) is 10.2 Å². The van der Waals surface area contributed by atoms with Crippen molar-refractivity contribution in [3.63, 3.8) is 0 Å². The first-order valence-electron chi connectivity index (χ1n) is 10.9. The monoisotopic (exact) mass is 416 g/mol. The minimum absolute atomic E-state index is 0.00718. The molecule has 4 atom stereocenters. The van der Waals surface area contributed by atoms with Crippen LogP contribution < -0.4 is 10.1 Å². The molecule has 1 aromatic rings. The van der Waals surface area contributed by atoms with Gasteiger partial charge < -0.3 is 19.9 Å². The summed E-state index contributed by atoms with van der Waals surface area (Å²) in [7, 11) is 1.49. The van der Waals surface area contributed by atoms with Crippen LogP contribution in [0.2, 0.25) is 0 Å². The Morgan fingerprint density at radius 2 is 1.93 bits per heavy atom. The fourth-order valence-corrected chi connectivity index (χ4v) is 5.06. The van der Waals surface area contributed by atoms with E-state index in [9.17, 15) is 14.7 Å². The van der Waals surface area contributed by atoms with Gasteiger partial charge in [-0.1, -0.05) is 6.07 Å². The Balaban J connectivity index is 1.40. The van der Waals surface area contributed by atoms with Gasteiger partial charge in [-0.25, -0.2) is 4.79 Å². The summed E-state index contributed by atoms with van der Waals surface area (Å²) < 4.78 is 11.4. The summed E-state index contributed by atoms with van der Waals surface area (Å²) in [6.07, 6.45) is 4.53. The highest BCUT2D eigenvalue weighted by atomic mass is 16.5. The van der Waals surface area contributed by atoms with Crippen LogP contribution in [0.25, 0.3) is 0 Å². The second-order valence-electron chi connectivity index (χ2n) is 9.15. The summed E-state index contributed by atoms with van der Waals surface area (Å²) in [6, 6.07) is 5.47. The topological polar surface area (TPSA) is 88.1 Å². The molecule has 0 bridgehead atoms. The fraction of sp³-hybridized carbons (Fsp3) is 0.652. The number of likely N-dealkylation sites (tertiary alicyclic amines) is 1. The highest BCUT2D eigenvalue weighted by molar-refractivity contribution is 5.91. The van der Waals surface area contributed by atoms with Crippen LogP contribution in [0.5, 0.6) is 5.75 Å². The van der Waals surface area contributed by atoms with Gasteiger partial charge in [-0.05, 0) is 61.1 Å². The third-order valence-corrected chi connectivity index (χ3v) is 6.72. The number of benzene rings is 1. The van der Waals surface area contributed by atoms with E-state index in [0.717, 1.165) is 44.6 Å². The van der Waals surface area contributed by atoms with Crippen LogP contribution in [0.3, 0.4) is 0 Å². The third kappa shape index (κ3) is 4.95. The van der Waals surface area contributed by atoms with Crippen molar-refractivity contribution in [1.29, 1.82) is 0 Å². The summed E-state index contributed by atoms with van der Waals surface area (Å²) in [5.74, 6) is 1.20. The number of nitrogens with zero attached hydrogens (tertiary/aromatic N) is 1. The number of rotatable bonds is 8. The molecule has 1 aliphatic heterocycles. The number of fused-ring (bicyclic) bond motifs is 1. The van der Waals surface area contributed by atoms with Gasteiger partial charge in [0.1, 0.15) is 11.3 Å². The molecule has 164 valence electrons. The Morgan fingerprint density at radius 3 is 2.57 bits per heavy atom. The smallest absolute Gasteiger partial charge is 0.339 e. The van der Waals surface area contributed by atoms with Crippen molar-refractivity contribution in [3.05, 3.63) is 29.3 Å². The van der Waals surface area contributed by atoms with Crippen LogP contribution in [0.4, 0.5) is 0 Å². The molecule has 4 rings (SSSR count). The highest BCUT2D eigenvalue weighted by Crippen LogP contribution is 2.39. The zero-order chi connectivity index (χ0) is 21.3. The second kappa shape index (κ2) is 8.94. The summed E-state index contributed by atoms with van der Waals surface area (Å²) >= 11 is 0. The van der Waals surface area contributed by atoms with Crippen LogP contribution >= 0.6 is 0 Å². The van der Waals surface area contributed by atoms with Crippen molar-refractivity contribution in [2.24, 2.45) is 17.8 Å². The molecule has 1 heterocycles. The molecule has 0 aromatic heterocycles. The number of hydrogen-bond donors (Lipinski definition) is 2. The normalized spacial score (nSPS) is 28.7. The van der Waals surface area contributed by atoms with E-state index in [4.69, 9.17) is 9.47 Å². The van der Waals surface area contributed by atoms with Gasteiger partial charge in [-0.2, -0.15) is 0 Å². The van der Waals surface area contributed by atoms with Crippen molar-refractivity contribution >= 4 is 11.9 Å². The Bertz CT molecular complexity index is 794. The first kappa shape index (κ1) is 21.1. The molecule has 0 unspecified atom stereocenters. The van der Waals surface area contributed by atoms with Crippen LogP contribution in [0, 0.1) is 17.8 Å². The van der Waals surface area contributed by atoms with E-state index >= 15 is 0 Å². The number of ether oxygens (including phenoxy) is 2. The number of hydrogen-bond acceptors (Lipinski definition) is 5. The minimum Gasteiger partial charge on any atom is -0.496 e. The van der Waals surface area contributed by atoms with Gasteiger partial charge >= 0.3 is 5.97 Å². The average molecular weight is 417 g/mol. The van der Waals surface area contributed by atoms with Gasteiger partial charge in [0.15, 0.2) is 0 Å². The molecule has 2 aliphatic carbocycles. The Kier molecular flexibility index (Phi) is 6.29. The number of nitrogens with one attached hydrogen (secondary N) is 1. The first-order chi connectivity index (χ1) is 14.4. The quantitative estimate of drug-likeness (QED) is 0.677. The summed E-state index contributed by atoms with van der Waals surface area (Å²) in [5.41, 5.74) is 1.18. The predicted octanol–water partition coefficient (Wildman–Crippen LogP) is 2.54. The van der Waals surface area contributed by atoms with Crippen LogP contribution in [-0.4, -0.2) is 60.8 Å². The molecule has 1 aromatic carbocycles. The molecular formula is C23H32N2O5. The second-order valence-corrected chi connectivity index (χ2v) is 9.15. The number of carbonyl (C=O) groups excluding carboxylic acids is 1. The average Bonchev–Trinajstić information content (AvgIpc) is 3.45. The van der Waals surface area contributed by atoms with E-state index < -0.39 is 5.97 Å². The van der Waals surface area contributed by atoms with Gasteiger partial charge in [-0.15, -0.1) is 0 Å². The highest BCUT2D eigenvalue weighted by Gasteiger charge is 2.43. The lowest BCUT2D eigenvalue weighted by atomic mass is 9.77. The van der Waals surface area contributed by atoms with Gasteiger partial charge in [0, 0.05) is 33.2 Å². The molecule has 0 radical (unpaired) electrons. The third-order valence-electron chi connectivity index (χ3n) is 6.72. The summed E-state index contributed by atoms with van der Waals surface area (Å²) in [4.78, 5) is 25.6. The first-order valence-corrected chi connectivity index (χ1v) is 10.9. The molecule has 1 saturated heterocycles. The van der Waals surface area contributed by atoms with Crippen LogP contribution in [0.1, 0.15) is 48.5 Å². The number of carbonyl (C=O) groups is 2. The van der Waals surface area contributed by atoms with Gasteiger partial charge in [0.25, 0.3) is 0 Å². The zero-order valence-electron chi connectivity index (χ0n) is 17.8.